The van der Waals surface area contributed by atoms with E-state index in [1.807, 2.05) is 6.07 Å². The molecule has 1 aliphatic rings. The molecule has 1 aliphatic carbocycles. The van der Waals surface area contributed by atoms with E-state index in [1.54, 1.807) is 11.4 Å². The zero-order valence-electron chi connectivity index (χ0n) is 19.3. The molecule has 1 amide bonds. The number of amides is 1. The van der Waals surface area contributed by atoms with Gasteiger partial charge in [-0.2, -0.15) is 18.4 Å². The van der Waals surface area contributed by atoms with Gasteiger partial charge in [0.05, 0.1) is 12.7 Å². The molecule has 0 saturated carbocycles. The second kappa shape index (κ2) is 9.29. The summed E-state index contributed by atoms with van der Waals surface area (Å²) in [4.78, 5) is 26.1. The number of methoxy groups -OCH3 is 1. The number of nitrogens with one attached hydrogen (secondary N) is 2. The lowest BCUT2D eigenvalue weighted by atomic mass is 9.72. The summed E-state index contributed by atoms with van der Waals surface area (Å²) in [6.07, 6.45) is -3.32. The maximum atomic E-state index is 14.5. The average Bonchev–Trinajstić information content (AvgIpc) is 3.13. The van der Waals surface area contributed by atoms with Crippen LogP contribution < -0.4 is 10.6 Å². The standard InChI is InChI=1S/C24H26F3N3O3S/c1-22(2,3)15-10-11-16-17(13-28)20(34-18(16)12-15)30-23(21(32)33-4,24(25,26)27)29-19(31)14-8-6-5-7-9-14/h5-9,15,30H,10-12H2,1-4H3,(H,29,31)/t15-,23+/m0/s1. The number of hydrogen-bond donors (Lipinski definition) is 2. The minimum atomic E-state index is -5.28. The minimum Gasteiger partial charge on any atom is -0.466 e. The number of carbonyl (C=O) groups is 2. The lowest BCUT2D eigenvalue weighted by Gasteiger charge is -2.34. The van der Waals surface area contributed by atoms with Gasteiger partial charge in [-0.15, -0.1) is 11.3 Å². The van der Waals surface area contributed by atoms with Gasteiger partial charge in [-0.25, -0.2) is 4.79 Å². The van der Waals surface area contributed by atoms with Crippen molar-refractivity contribution in [2.45, 2.75) is 51.9 Å². The minimum absolute atomic E-state index is 0.00647. The van der Waals surface area contributed by atoms with Crippen molar-refractivity contribution in [2.24, 2.45) is 11.3 Å². The molecular weight excluding hydrogens is 467 g/mol. The molecule has 1 aromatic heterocycles. The van der Waals surface area contributed by atoms with Crippen molar-refractivity contribution in [3.63, 3.8) is 0 Å². The molecule has 0 spiro atoms. The molecule has 10 heteroatoms. The number of esters is 1. The van der Waals surface area contributed by atoms with Gasteiger partial charge >= 0.3 is 17.8 Å². The van der Waals surface area contributed by atoms with E-state index in [0.29, 0.717) is 24.3 Å². The zero-order valence-corrected chi connectivity index (χ0v) is 20.1. The Balaban J connectivity index is 2.07. The maximum absolute atomic E-state index is 14.5. The van der Waals surface area contributed by atoms with Gasteiger partial charge in [0, 0.05) is 10.4 Å². The van der Waals surface area contributed by atoms with Crippen LogP contribution in [0, 0.1) is 22.7 Å². The quantitative estimate of drug-likeness (QED) is 0.450. The van der Waals surface area contributed by atoms with Crippen molar-refractivity contribution in [3.8, 4) is 6.07 Å². The number of alkyl halides is 3. The number of carbonyl (C=O) groups excluding carboxylic acids is 2. The second-order valence-corrected chi connectivity index (χ2v) is 10.4. The van der Waals surface area contributed by atoms with Crippen LogP contribution in [0.1, 0.15) is 53.6 Å². The predicted octanol–water partition coefficient (Wildman–Crippen LogP) is 5.04. The Morgan fingerprint density at radius 1 is 1.18 bits per heavy atom. The monoisotopic (exact) mass is 493 g/mol. The highest BCUT2D eigenvalue weighted by molar-refractivity contribution is 7.16. The SMILES string of the molecule is COC(=O)[C@@](NC(=O)c1ccccc1)(Nc1sc2c(c1C#N)CC[C@H](C(C)(C)C)C2)C(F)(F)F. The fourth-order valence-electron chi connectivity index (χ4n) is 4.08. The highest BCUT2D eigenvalue weighted by Gasteiger charge is 2.64. The summed E-state index contributed by atoms with van der Waals surface area (Å²) in [6, 6.07) is 9.22. The van der Waals surface area contributed by atoms with Gasteiger partial charge in [-0.3, -0.25) is 4.79 Å². The Bertz CT molecular complexity index is 1120. The number of rotatable bonds is 5. The number of nitrogens with zero attached hydrogens (tertiary/aromatic N) is 1. The third-order valence-electron chi connectivity index (χ3n) is 6.16. The number of benzene rings is 1. The van der Waals surface area contributed by atoms with Gasteiger partial charge in [0.15, 0.2) is 0 Å². The molecule has 1 heterocycles. The van der Waals surface area contributed by atoms with Crippen LogP contribution >= 0.6 is 11.3 Å². The summed E-state index contributed by atoms with van der Waals surface area (Å²) in [5.74, 6) is -2.57. The van der Waals surface area contributed by atoms with E-state index in [2.05, 4.69) is 30.8 Å². The number of thiophene rings is 1. The highest BCUT2D eigenvalue weighted by atomic mass is 32.1. The number of nitriles is 1. The summed E-state index contributed by atoms with van der Waals surface area (Å²) in [6.45, 7) is 6.31. The van der Waals surface area contributed by atoms with Crippen molar-refractivity contribution >= 4 is 28.2 Å². The summed E-state index contributed by atoms with van der Waals surface area (Å²) in [5.41, 5.74) is -2.92. The van der Waals surface area contributed by atoms with Crippen LogP contribution in [0.2, 0.25) is 0 Å². The fourth-order valence-corrected chi connectivity index (χ4v) is 5.41. The van der Waals surface area contributed by atoms with Gasteiger partial charge in [0.25, 0.3) is 5.91 Å². The molecule has 6 nitrogen and oxygen atoms in total. The van der Waals surface area contributed by atoms with E-state index < -0.39 is 23.7 Å². The Labute approximate surface area is 200 Å². The van der Waals surface area contributed by atoms with Gasteiger partial charge in [0.1, 0.15) is 11.1 Å². The Morgan fingerprint density at radius 2 is 1.82 bits per heavy atom. The van der Waals surface area contributed by atoms with E-state index in [9.17, 15) is 28.0 Å². The smallest absolute Gasteiger partial charge is 0.441 e. The van der Waals surface area contributed by atoms with Gasteiger partial charge in [-0.05, 0) is 48.3 Å². The molecule has 0 bridgehead atoms. The Morgan fingerprint density at radius 3 is 2.35 bits per heavy atom. The second-order valence-electron chi connectivity index (χ2n) is 9.31. The maximum Gasteiger partial charge on any atom is 0.441 e. The summed E-state index contributed by atoms with van der Waals surface area (Å²) in [7, 11) is 0.803. The highest BCUT2D eigenvalue weighted by Crippen LogP contribution is 2.45. The first-order chi connectivity index (χ1) is 15.8. The molecule has 3 rings (SSSR count). The van der Waals surface area contributed by atoms with E-state index in [0.717, 1.165) is 29.7 Å². The molecule has 1 aromatic carbocycles. The van der Waals surface area contributed by atoms with Crippen LogP contribution in [-0.2, 0) is 22.4 Å². The lowest BCUT2D eigenvalue weighted by molar-refractivity contribution is -0.203. The molecule has 2 aromatic rings. The first kappa shape index (κ1) is 25.6. The molecule has 182 valence electrons. The zero-order chi connectivity index (χ0) is 25.3. The number of halogens is 3. The Hall–Kier alpha value is -3.06. The van der Waals surface area contributed by atoms with Crippen molar-refractivity contribution in [3.05, 3.63) is 51.9 Å². The molecule has 2 atom stereocenters. The fraction of sp³-hybridized carbons (Fsp3) is 0.458. The largest absolute Gasteiger partial charge is 0.466 e. The van der Waals surface area contributed by atoms with Crippen LogP contribution in [0.25, 0.3) is 0 Å². The average molecular weight is 494 g/mol. The van der Waals surface area contributed by atoms with Crippen molar-refractivity contribution in [1.29, 1.82) is 5.26 Å². The summed E-state index contributed by atoms with van der Waals surface area (Å²) < 4.78 is 47.8. The number of hydrogen-bond acceptors (Lipinski definition) is 6. The van der Waals surface area contributed by atoms with Crippen LogP contribution in [0.5, 0.6) is 0 Å². The molecule has 0 radical (unpaired) electrons. The van der Waals surface area contributed by atoms with Crippen LogP contribution in [0.15, 0.2) is 30.3 Å². The molecule has 0 aliphatic heterocycles. The van der Waals surface area contributed by atoms with Crippen LogP contribution in [0.3, 0.4) is 0 Å². The van der Waals surface area contributed by atoms with Crippen molar-refractivity contribution in [1.82, 2.24) is 5.32 Å². The first-order valence-corrected chi connectivity index (χ1v) is 11.5. The third kappa shape index (κ3) is 4.75. The topological polar surface area (TPSA) is 91.2 Å². The number of ether oxygens (including phenoxy) is 1. The van der Waals surface area contributed by atoms with Gasteiger partial charge in [0.2, 0.25) is 0 Å². The van der Waals surface area contributed by atoms with Crippen LogP contribution in [0.4, 0.5) is 18.2 Å². The normalized spacial score (nSPS) is 17.6. The molecule has 2 N–H and O–H groups in total. The molecule has 0 saturated heterocycles. The van der Waals surface area contributed by atoms with Crippen molar-refractivity contribution in [2.75, 3.05) is 12.4 Å². The predicted molar refractivity (Wildman–Crippen MR) is 122 cm³/mol. The van der Waals surface area contributed by atoms with Crippen molar-refractivity contribution < 1.29 is 27.5 Å². The van der Waals surface area contributed by atoms with E-state index in [4.69, 9.17) is 0 Å². The molecule has 34 heavy (non-hydrogen) atoms. The van der Waals surface area contributed by atoms with E-state index in [-0.39, 0.29) is 21.5 Å². The van der Waals surface area contributed by atoms with E-state index in [1.165, 1.54) is 24.3 Å². The molecule has 0 unspecified atom stereocenters. The summed E-state index contributed by atoms with van der Waals surface area (Å²) >= 11 is 1.01. The van der Waals surface area contributed by atoms with Gasteiger partial charge in [-0.1, -0.05) is 39.0 Å². The number of anilines is 1. The molecular formula is C24H26F3N3O3S. The third-order valence-corrected chi connectivity index (χ3v) is 7.33. The van der Waals surface area contributed by atoms with Gasteiger partial charge < -0.3 is 15.4 Å². The van der Waals surface area contributed by atoms with Crippen LogP contribution in [-0.4, -0.2) is 30.8 Å². The Kier molecular flexibility index (Phi) is 6.99. The summed E-state index contributed by atoms with van der Waals surface area (Å²) in [5, 5.41) is 13.6. The first-order valence-electron chi connectivity index (χ1n) is 10.7. The number of fused-ring (bicyclic) bond motifs is 1. The lowest BCUT2D eigenvalue weighted by Crippen LogP contribution is -2.69. The van der Waals surface area contributed by atoms with E-state index >= 15 is 0 Å². The molecule has 0 fully saturated rings.